The van der Waals surface area contributed by atoms with Crippen LogP contribution in [0.4, 0.5) is 0 Å². The van der Waals surface area contributed by atoms with Crippen LogP contribution in [0.25, 0.3) is 0 Å². The Bertz CT molecular complexity index is 827. The van der Waals surface area contributed by atoms with Gasteiger partial charge in [-0.15, -0.1) is 5.10 Å². The molecule has 0 unspecified atom stereocenters. The number of hydrogen-bond acceptors (Lipinski definition) is 4. The molecule has 3 aromatic rings. The van der Waals surface area contributed by atoms with E-state index in [1.807, 2.05) is 62.8 Å². The molecule has 0 N–H and O–H groups in total. The topological polar surface area (TPSA) is 47.4 Å². The minimum atomic E-state index is 0.0791. The molecule has 0 saturated carbocycles. The predicted octanol–water partition coefficient (Wildman–Crippen LogP) is 3.18. The molecule has 2 aromatic heterocycles. The highest BCUT2D eigenvalue weighted by Crippen LogP contribution is 2.21. The molecule has 0 saturated heterocycles. The van der Waals surface area contributed by atoms with E-state index in [1.54, 1.807) is 11.3 Å². The molecule has 0 atom stereocenters. The maximum absolute atomic E-state index is 12.5. The molecule has 0 fully saturated rings. The lowest BCUT2D eigenvalue weighted by Gasteiger charge is -2.27. The fourth-order valence-corrected chi connectivity index (χ4v) is 3.41. The standard InChI is InChI=1S/C18H17N3O2S/c22-18(15-6-9-24-13-15)20-7-8-21-16(11-20)10-17(19-21)23-12-14-4-2-1-3-5-14/h1-6,9-10,13H,7-8,11-12H2. The third kappa shape index (κ3) is 3.05. The summed E-state index contributed by atoms with van der Waals surface area (Å²) in [5, 5.41) is 8.30. The Morgan fingerprint density at radius 1 is 1.21 bits per heavy atom. The maximum atomic E-state index is 12.5. The number of thiophene rings is 1. The molecule has 6 heteroatoms. The van der Waals surface area contributed by atoms with E-state index in [0.717, 1.165) is 16.8 Å². The van der Waals surface area contributed by atoms with Gasteiger partial charge in [-0.1, -0.05) is 30.3 Å². The van der Waals surface area contributed by atoms with Crippen molar-refractivity contribution in [2.45, 2.75) is 19.7 Å². The molecule has 1 aliphatic heterocycles. The van der Waals surface area contributed by atoms with Crippen molar-refractivity contribution in [1.82, 2.24) is 14.7 Å². The van der Waals surface area contributed by atoms with Crippen molar-refractivity contribution in [2.24, 2.45) is 0 Å². The second kappa shape index (κ2) is 6.49. The largest absolute Gasteiger partial charge is 0.472 e. The number of hydrogen-bond donors (Lipinski definition) is 0. The Labute approximate surface area is 144 Å². The SMILES string of the molecule is O=C(c1ccsc1)N1CCn2nc(OCc3ccccc3)cc2C1. The zero-order valence-corrected chi connectivity index (χ0v) is 13.9. The van der Waals surface area contributed by atoms with Crippen molar-refractivity contribution in [1.29, 1.82) is 0 Å². The summed E-state index contributed by atoms with van der Waals surface area (Å²) in [5.74, 6) is 0.689. The molecule has 0 bridgehead atoms. The van der Waals surface area contributed by atoms with Gasteiger partial charge < -0.3 is 9.64 Å². The summed E-state index contributed by atoms with van der Waals surface area (Å²) in [7, 11) is 0. The number of benzene rings is 1. The van der Waals surface area contributed by atoms with E-state index in [1.165, 1.54) is 0 Å². The summed E-state index contributed by atoms with van der Waals surface area (Å²) in [6, 6.07) is 13.8. The fraction of sp³-hybridized carbons (Fsp3) is 0.222. The van der Waals surface area contributed by atoms with E-state index in [-0.39, 0.29) is 5.91 Å². The minimum Gasteiger partial charge on any atom is -0.472 e. The van der Waals surface area contributed by atoms with Crippen LogP contribution in [0.2, 0.25) is 0 Å². The van der Waals surface area contributed by atoms with Crippen LogP contribution < -0.4 is 4.74 Å². The second-order valence-electron chi connectivity index (χ2n) is 5.71. The lowest BCUT2D eigenvalue weighted by Crippen LogP contribution is -2.38. The van der Waals surface area contributed by atoms with Gasteiger partial charge in [-0.25, -0.2) is 0 Å². The molecule has 0 aliphatic carbocycles. The van der Waals surface area contributed by atoms with E-state index < -0.39 is 0 Å². The average molecular weight is 339 g/mol. The van der Waals surface area contributed by atoms with Gasteiger partial charge in [-0.3, -0.25) is 9.48 Å². The van der Waals surface area contributed by atoms with Crippen LogP contribution in [0.5, 0.6) is 5.88 Å². The van der Waals surface area contributed by atoms with Crippen LogP contribution >= 0.6 is 11.3 Å². The van der Waals surface area contributed by atoms with Crippen LogP contribution in [-0.4, -0.2) is 27.1 Å². The third-order valence-electron chi connectivity index (χ3n) is 4.06. The molecular formula is C18H17N3O2S. The Balaban J connectivity index is 1.43. The lowest BCUT2D eigenvalue weighted by atomic mass is 10.2. The Hall–Kier alpha value is -2.60. The lowest BCUT2D eigenvalue weighted by molar-refractivity contribution is 0.0706. The predicted molar refractivity (Wildman–Crippen MR) is 92.1 cm³/mol. The van der Waals surface area contributed by atoms with Crippen LogP contribution in [-0.2, 0) is 19.7 Å². The molecule has 5 nitrogen and oxygen atoms in total. The number of rotatable bonds is 4. The van der Waals surface area contributed by atoms with Crippen LogP contribution in [0.3, 0.4) is 0 Å². The number of carbonyl (C=O) groups is 1. The van der Waals surface area contributed by atoms with Gasteiger partial charge in [0.1, 0.15) is 6.61 Å². The van der Waals surface area contributed by atoms with E-state index in [0.29, 0.717) is 32.1 Å². The molecule has 1 amide bonds. The maximum Gasteiger partial charge on any atom is 0.255 e. The summed E-state index contributed by atoms with van der Waals surface area (Å²) in [4.78, 5) is 14.3. The molecule has 3 heterocycles. The molecule has 122 valence electrons. The Morgan fingerprint density at radius 3 is 2.88 bits per heavy atom. The number of aromatic nitrogens is 2. The van der Waals surface area contributed by atoms with Crippen LogP contribution in [0.1, 0.15) is 21.6 Å². The Morgan fingerprint density at radius 2 is 2.08 bits per heavy atom. The number of ether oxygens (including phenoxy) is 1. The highest BCUT2D eigenvalue weighted by Gasteiger charge is 2.23. The first-order valence-corrected chi connectivity index (χ1v) is 8.79. The first kappa shape index (κ1) is 15.0. The van der Waals surface area contributed by atoms with Crippen molar-refractivity contribution in [3.8, 4) is 5.88 Å². The quantitative estimate of drug-likeness (QED) is 0.733. The first-order valence-electron chi connectivity index (χ1n) is 7.84. The van der Waals surface area contributed by atoms with Gasteiger partial charge in [-0.05, 0) is 17.0 Å². The first-order chi connectivity index (χ1) is 11.8. The van der Waals surface area contributed by atoms with Crippen LogP contribution in [0, 0.1) is 0 Å². The van der Waals surface area contributed by atoms with E-state index >= 15 is 0 Å². The van der Waals surface area contributed by atoms with E-state index in [2.05, 4.69) is 5.10 Å². The number of fused-ring (bicyclic) bond motifs is 1. The monoisotopic (exact) mass is 339 g/mol. The van der Waals surface area contributed by atoms with Gasteiger partial charge in [0, 0.05) is 18.0 Å². The average Bonchev–Trinajstić information content (AvgIpc) is 3.29. The van der Waals surface area contributed by atoms with Crippen molar-refractivity contribution < 1.29 is 9.53 Å². The van der Waals surface area contributed by atoms with Crippen molar-refractivity contribution in [2.75, 3.05) is 6.54 Å². The molecule has 24 heavy (non-hydrogen) atoms. The Kier molecular flexibility index (Phi) is 4.04. The van der Waals surface area contributed by atoms with Gasteiger partial charge >= 0.3 is 0 Å². The molecule has 1 aliphatic rings. The summed E-state index contributed by atoms with van der Waals surface area (Å²) in [5.41, 5.74) is 2.87. The smallest absolute Gasteiger partial charge is 0.255 e. The highest BCUT2D eigenvalue weighted by molar-refractivity contribution is 7.08. The molecule has 4 rings (SSSR count). The van der Waals surface area contributed by atoms with Crippen molar-refractivity contribution >= 4 is 17.2 Å². The fourth-order valence-electron chi connectivity index (χ4n) is 2.78. The normalized spacial score (nSPS) is 13.6. The third-order valence-corrected chi connectivity index (χ3v) is 4.74. The number of amides is 1. The zero-order valence-electron chi connectivity index (χ0n) is 13.1. The van der Waals surface area contributed by atoms with Crippen molar-refractivity contribution in [3.63, 3.8) is 0 Å². The van der Waals surface area contributed by atoms with E-state index in [9.17, 15) is 4.79 Å². The molecule has 0 radical (unpaired) electrons. The summed E-state index contributed by atoms with van der Waals surface area (Å²) < 4.78 is 7.71. The highest BCUT2D eigenvalue weighted by atomic mass is 32.1. The molecule has 1 aromatic carbocycles. The summed E-state index contributed by atoms with van der Waals surface area (Å²) in [6.45, 7) is 2.42. The molecule has 0 spiro atoms. The second-order valence-corrected chi connectivity index (χ2v) is 6.49. The van der Waals surface area contributed by atoms with Crippen LogP contribution in [0.15, 0.2) is 53.2 Å². The number of nitrogens with zero attached hydrogens (tertiary/aromatic N) is 3. The van der Waals surface area contributed by atoms with Gasteiger partial charge in [0.2, 0.25) is 5.88 Å². The van der Waals surface area contributed by atoms with Gasteiger partial charge in [-0.2, -0.15) is 11.3 Å². The molecular weight excluding hydrogens is 322 g/mol. The number of carbonyl (C=O) groups excluding carboxylic acids is 1. The van der Waals surface area contributed by atoms with Gasteiger partial charge in [0.15, 0.2) is 0 Å². The van der Waals surface area contributed by atoms with Crippen molar-refractivity contribution in [3.05, 3.63) is 70.0 Å². The van der Waals surface area contributed by atoms with Gasteiger partial charge in [0.05, 0.1) is 24.3 Å². The summed E-state index contributed by atoms with van der Waals surface area (Å²) in [6.07, 6.45) is 0. The van der Waals surface area contributed by atoms with Gasteiger partial charge in [0.25, 0.3) is 5.91 Å². The zero-order chi connectivity index (χ0) is 16.4. The van der Waals surface area contributed by atoms with E-state index in [4.69, 9.17) is 4.74 Å². The summed E-state index contributed by atoms with van der Waals surface area (Å²) >= 11 is 1.54. The minimum absolute atomic E-state index is 0.0791.